The van der Waals surface area contributed by atoms with Crippen LogP contribution in [0.2, 0.25) is 0 Å². The minimum absolute atomic E-state index is 0.0844. The summed E-state index contributed by atoms with van der Waals surface area (Å²) in [6, 6.07) is 14.4. The molecule has 7 nitrogen and oxygen atoms in total. The number of aromatic nitrogens is 2. The summed E-state index contributed by atoms with van der Waals surface area (Å²) < 4.78 is 13.1. The maximum Gasteiger partial charge on any atom is 0.221 e. The van der Waals surface area contributed by atoms with Crippen molar-refractivity contribution in [2.24, 2.45) is 7.05 Å². The quantitative estimate of drug-likeness (QED) is 0.593. The van der Waals surface area contributed by atoms with Gasteiger partial charge in [-0.05, 0) is 23.8 Å². The molecule has 1 aliphatic rings. The van der Waals surface area contributed by atoms with E-state index in [0.29, 0.717) is 30.3 Å². The maximum atomic E-state index is 12.7. The fraction of sp³-hybridized carbons (Fsp3) is 0.292. The van der Waals surface area contributed by atoms with Crippen LogP contribution in [0, 0.1) is 0 Å². The summed E-state index contributed by atoms with van der Waals surface area (Å²) in [4.78, 5) is 29.8. The predicted octanol–water partition coefficient (Wildman–Crippen LogP) is 3.45. The molecule has 160 valence electrons. The van der Waals surface area contributed by atoms with Crippen molar-refractivity contribution in [1.29, 1.82) is 0 Å². The molecule has 3 aromatic rings. The van der Waals surface area contributed by atoms with Gasteiger partial charge < -0.3 is 19.4 Å². The van der Waals surface area contributed by atoms with Crippen molar-refractivity contribution < 1.29 is 19.1 Å². The number of Topliss-reactive ketones (excluding diaryl/α,β-unsaturated/α-hetero) is 1. The lowest BCUT2D eigenvalue weighted by molar-refractivity contribution is -0.121. The van der Waals surface area contributed by atoms with Crippen molar-refractivity contribution in [3.63, 3.8) is 0 Å². The highest BCUT2D eigenvalue weighted by molar-refractivity contribution is 5.98. The monoisotopic (exact) mass is 419 g/mol. The van der Waals surface area contributed by atoms with Crippen LogP contribution in [0.4, 0.5) is 0 Å². The van der Waals surface area contributed by atoms with Crippen molar-refractivity contribution in [1.82, 2.24) is 14.9 Å². The van der Waals surface area contributed by atoms with E-state index in [1.807, 2.05) is 48.1 Å². The summed E-state index contributed by atoms with van der Waals surface area (Å²) >= 11 is 0. The van der Waals surface area contributed by atoms with Crippen LogP contribution in [0.15, 0.2) is 60.9 Å². The Morgan fingerprint density at radius 2 is 1.84 bits per heavy atom. The van der Waals surface area contributed by atoms with Gasteiger partial charge in [-0.2, -0.15) is 0 Å². The summed E-state index contributed by atoms with van der Waals surface area (Å²) in [5, 5.41) is 3.02. The summed E-state index contributed by atoms with van der Waals surface area (Å²) in [6.45, 7) is 1.15. The number of carbonyl (C=O) groups excluding carboxylic acids is 2. The second kappa shape index (κ2) is 9.47. The van der Waals surface area contributed by atoms with Gasteiger partial charge in [-0.25, -0.2) is 4.98 Å². The zero-order chi connectivity index (χ0) is 21.6. The first kappa shape index (κ1) is 20.7. The molecular formula is C24H25N3O4. The Kier molecular flexibility index (Phi) is 6.31. The number of ketones is 1. The Morgan fingerprint density at radius 3 is 2.58 bits per heavy atom. The molecule has 7 heteroatoms. The van der Waals surface area contributed by atoms with Gasteiger partial charge in [0.15, 0.2) is 17.3 Å². The second-order valence-corrected chi connectivity index (χ2v) is 7.44. The van der Waals surface area contributed by atoms with Gasteiger partial charge in [-0.15, -0.1) is 0 Å². The Hall–Kier alpha value is -3.61. The Labute approximate surface area is 181 Å². The molecule has 0 aliphatic carbocycles. The Balaban J connectivity index is 1.41. The number of ether oxygens (including phenoxy) is 2. The number of amides is 1. The van der Waals surface area contributed by atoms with Crippen LogP contribution in [0.3, 0.4) is 0 Å². The molecule has 4 rings (SSSR count). The fourth-order valence-corrected chi connectivity index (χ4v) is 3.54. The number of carbonyl (C=O) groups is 2. The topological polar surface area (TPSA) is 82.5 Å². The zero-order valence-electron chi connectivity index (χ0n) is 17.4. The van der Waals surface area contributed by atoms with Gasteiger partial charge in [0, 0.05) is 44.3 Å². The molecule has 0 radical (unpaired) electrons. The van der Waals surface area contributed by atoms with Gasteiger partial charge in [0.2, 0.25) is 5.91 Å². The molecule has 1 unspecified atom stereocenters. The average molecular weight is 419 g/mol. The third kappa shape index (κ3) is 4.94. The molecular weight excluding hydrogens is 394 g/mol. The Bertz CT molecular complexity index is 1060. The number of hydrogen-bond acceptors (Lipinski definition) is 5. The number of fused-ring (bicyclic) bond motifs is 1. The minimum Gasteiger partial charge on any atom is -0.490 e. The van der Waals surface area contributed by atoms with E-state index in [9.17, 15) is 9.59 Å². The van der Waals surface area contributed by atoms with Crippen LogP contribution in [0.1, 0.15) is 47.1 Å². The number of benzene rings is 2. The van der Waals surface area contributed by atoms with Gasteiger partial charge in [0.25, 0.3) is 0 Å². The van der Waals surface area contributed by atoms with Crippen molar-refractivity contribution in [2.45, 2.75) is 25.3 Å². The smallest absolute Gasteiger partial charge is 0.221 e. The highest BCUT2D eigenvalue weighted by Crippen LogP contribution is 2.31. The molecule has 1 aromatic heterocycles. The third-order valence-corrected chi connectivity index (χ3v) is 5.20. The first-order valence-corrected chi connectivity index (χ1v) is 10.4. The number of nitrogens with one attached hydrogen (secondary N) is 1. The van der Waals surface area contributed by atoms with E-state index in [4.69, 9.17) is 9.47 Å². The van der Waals surface area contributed by atoms with E-state index in [2.05, 4.69) is 10.3 Å². The summed E-state index contributed by atoms with van der Waals surface area (Å²) in [6.07, 6.45) is 4.53. The largest absolute Gasteiger partial charge is 0.490 e. The molecule has 31 heavy (non-hydrogen) atoms. The average Bonchev–Trinajstić information content (AvgIpc) is 3.07. The molecule has 1 N–H and O–H groups in total. The van der Waals surface area contributed by atoms with Crippen molar-refractivity contribution in [3.05, 3.63) is 77.9 Å². The van der Waals surface area contributed by atoms with Crippen molar-refractivity contribution in [3.8, 4) is 11.5 Å². The molecule has 0 saturated heterocycles. The zero-order valence-corrected chi connectivity index (χ0v) is 17.4. The van der Waals surface area contributed by atoms with Crippen molar-refractivity contribution in [2.75, 3.05) is 13.2 Å². The van der Waals surface area contributed by atoms with Gasteiger partial charge in [0.1, 0.15) is 11.9 Å². The number of imidazole rings is 1. The first-order valence-electron chi connectivity index (χ1n) is 10.4. The van der Waals surface area contributed by atoms with Crippen LogP contribution in [-0.4, -0.2) is 34.5 Å². The van der Waals surface area contributed by atoms with Gasteiger partial charge in [-0.1, -0.05) is 30.3 Å². The molecule has 1 amide bonds. The van der Waals surface area contributed by atoms with E-state index < -0.39 is 0 Å². The molecule has 0 saturated carbocycles. The first-order chi connectivity index (χ1) is 15.1. The van der Waals surface area contributed by atoms with E-state index in [0.717, 1.165) is 17.8 Å². The highest BCUT2D eigenvalue weighted by atomic mass is 16.5. The summed E-state index contributed by atoms with van der Waals surface area (Å²) in [5.41, 5.74) is 1.44. The lowest BCUT2D eigenvalue weighted by Gasteiger charge is -2.19. The molecule has 1 atom stereocenters. The molecule has 0 spiro atoms. The van der Waals surface area contributed by atoms with Gasteiger partial charge in [-0.3, -0.25) is 9.59 Å². The normalized spacial score (nSPS) is 13.8. The van der Waals surface area contributed by atoms with Gasteiger partial charge >= 0.3 is 0 Å². The van der Waals surface area contributed by atoms with Crippen LogP contribution in [0.5, 0.6) is 11.5 Å². The molecule has 0 fully saturated rings. The minimum atomic E-state index is -0.387. The van der Waals surface area contributed by atoms with E-state index >= 15 is 0 Å². The highest BCUT2D eigenvalue weighted by Gasteiger charge is 2.21. The lowest BCUT2D eigenvalue weighted by atomic mass is 10.0. The van der Waals surface area contributed by atoms with Crippen molar-refractivity contribution >= 4 is 11.7 Å². The maximum absolute atomic E-state index is 12.7. The third-order valence-electron chi connectivity index (χ3n) is 5.20. The lowest BCUT2D eigenvalue weighted by Crippen LogP contribution is -2.31. The number of rotatable bonds is 7. The van der Waals surface area contributed by atoms with Crippen LogP contribution in [0.25, 0.3) is 0 Å². The molecule has 0 bridgehead atoms. The number of hydrogen-bond donors (Lipinski definition) is 1. The van der Waals surface area contributed by atoms with E-state index in [-0.39, 0.29) is 30.6 Å². The summed E-state index contributed by atoms with van der Waals surface area (Å²) in [7, 11) is 1.89. The SMILES string of the molecule is Cn1ccnc1C(NC(=O)CCC(=O)c1ccc2c(c1)OCCCO2)c1ccccc1. The number of aryl methyl sites for hydroxylation is 1. The van der Waals surface area contributed by atoms with E-state index in [1.54, 1.807) is 24.4 Å². The van der Waals surface area contributed by atoms with Crippen LogP contribution in [-0.2, 0) is 11.8 Å². The standard InChI is InChI=1S/C24H25N3O4/c1-27-13-12-25-24(27)23(17-6-3-2-4-7-17)26-22(29)11-9-19(28)18-8-10-20-21(16-18)31-15-5-14-30-20/h2-4,6-8,10,12-13,16,23H,5,9,11,14-15H2,1H3,(H,26,29). The van der Waals surface area contributed by atoms with Gasteiger partial charge in [0.05, 0.1) is 13.2 Å². The molecule has 2 aromatic carbocycles. The molecule has 1 aliphatic heterocycles. The summed E-state index contributed by atoms with van der Waals surface area (Å²) in [5.74, 6) is 1.63. The second-order valence-electron chi connectivity index (χ2n) is 7.44. The predicted molar refractivity (Wildman–Crippen MR) is 115 cm³/mol. The fourth-order valence-electron chi connectivity index (χ4n) is 3.54. The Morgan fingerprint density at radius 1 is 1.06 bits per heavy atom. The van der Waals surface area contributed by atoms with Crippen LogP contribution >= 0.6 is 0 Å². The van der Waals surface area contributed by atoms with E-state index in [1.165, 1.54) is 0 Å². The molecule has 2 heterocycles. The van der Waals surface area contributed by atoms with Crippen LogP contribution < -0.4 is 14.8 Å². The number of nitrogens with zero attached hydrogens (tertiary/aromatic N) is 2.